The Morgan fingerprint density at radius 1 is 1.23 bits per heavy atom. The predicted molar refractivity (Wildman–Crippen MR) is 77.2 cm³/mol. The van der Waals surface area contributed by atoms with Crippen LogP contribution in [0.1, 0.15) is 5.56 Å². The highest BCUT2D eigenvalue weighted by Gasteiger charge is 2.20. The summed E-state index contributed by atoms with van der Waals surface area (Å²) >= 11 is 0. The van der Waals surface area contributed by atoms with E-state index in [9.17, 15) is 22.0 Å². The summed E-state index contributed by atoms with van der Waals surface area (Å²) < 4.78 is 49.2. The van der Waals surface area contributed by atoms with Gasteiger partial charge < -0.3 is 10.1 Å². The number of carbonyl (C=O) groups is 1. The molecule has 9 heteroatoms. The molecule has 1 aromatic rings. The Balaban J connectivity index is 2.43. The lowest BCUT2D eigenvalue weighted by atomic mass is 10.1. The summed E-state index contributed by atoms with van der Waals surface area (Å²) in [6, 6.07) is 8.23. The van der Waals surface area contributed by atoms with Gasteiger partial charge in [0.2, 0.25) is 5.91 Å². The molecule has 0 heterocycles. The van der Waals surface area contributed by atoms with Gasteiger partial charge in [0.05, 0.1) is 12.5 Å². The van der Waals surface area contributed by atoms with Crippen molar-refractivity contribution >= 4 is 16.6 Å². The van der Waals surface area contributed by atoms with Gasteiger partial charge in [0.25, 0.3) is 0 Å². The minimum Gasteiger partial charge on any atom is -0.354 e. The fraction of sp³-hybridized carbons (Fsp3) is 0.462. The number of hydrogen-bond acceptors (Lipinski definition) is 5. The van der Waals surface area contributed by atoms with Gasteiger partial charge in [0, 0.05) is 6.54 Å². The molecule has 0 aliphatic heterocycles. The SMILES string of the molecule is O=C(NCCc1ccccc1)C(COC(F)F)NC[SH](=O)=O. The van der Waals surface area contributed by atoms with Crippen LogP contribution in [-0.4, -0.2) is 46.0 Å². The van der Waals surface area contributed by atoms with Crippen LogP contribution < -0.4 is 10.6 Å². The van der Waals surface area contributed by atoms with E-state index in [1.807, 2.05) is 30.3 Å². The first-order valence-corrected chi connectivity index (χ1v) is 7.92. The molecule has 0 aromatic heterocycles. The van der Waals surface area contributed by atoms with E-state index in [0.717, 1.165) is 5.56 Å². The number of ether oxygens (including phenoxy) is 1. The molecule has 0 saturated heterocycles. The van der Waals surface area contributed by atoms with Crippen LogP contribution in [0.4, 0.5) is 8.78 Å². The topological polar surface area (TPSA) is 84.5 Å². The van der Waals surface area contributed by atoms with Gasteiger partial charge in [-0.2, -0.15) is 8.78 Å². The average Bonchev–Trinajstić information content (AvgIpc) is 2.47. The maximum atomic E-state index is 12.0. The minimum absolute atomic E-state index is 0.305. The largest absolute Gasteiger partial charge is 0.354 e. The van der Waals surface area contributed by atoms with Gasteiger partial charge in [0.1, 0.15) is 6.04 Å². The quantitative estimate of drug-likeness (QED) is 0.528. The second-order valence-electron chi connectivity index (χ2n) is 4.37. The Morgan fingerprint density at radius 3 is 2.50 bits per heavy atom. The number of carbonyl (C=O) groups excluding carboxylic acids is 1. The van der Waals surface area contributed by atoms with Crippen LogP contribution in [-0.2, 0) is 26.7 Å². The summed E-state index contributed by atoms with van der Waals surface area (Å²) in [5.41, 5.74) is 1.01. The number of amides is 1. The summed E-state index contributed by atoms with van der Waals surface area (Å²) in [4.78, 5) is 11.9. The lowest BCUT2D eigenvalue weighted by Crippen LogP contribution is -2.48. The van der Waals surface area contributed by atoms with E-state index in [1.165, 1.54) is 0 Å². The van der Waals surface area contributed by atoms with Crippen LogP contribution in [0.25, 0.3) is 0 Å². The van der Waals surface area contributed by atoms with Gasteiger partial charge in [0.15, 0.2) is 10.7 Å². The van der Waals surface area contributed by atoms with Gasteiger partial charge in [-0.25, -0.2) is 8.42 Å². The van der Waals surface area contributed by atoms with Crippen molar-refractivity contribution in [2.24, 2.45) is 0 Å². The standard InChI is InChI=1S/C13H18F2N2O4S/c14-13(15)21-8-11(17-9-22(19)20)12(18)16-7-6-10-4-2-1-3-5-10/h1-5,11,13,17,22H,6-9H2,(H,16,18). The average molecular weight is 336 g/mol. The first kappa shape index (κ1) is 18.5. The molecular weight excluding hydrogens is 318 g/mol. The molecule has 0 bridgehead atoms. The predicted octanol–water partition coefficient (Wildman–Crippen LogP) is 0.112. The monoisotopic (exact) mass is 336 g/mol. The molecule has 0 spiro atoms. The Labute approximate surface area is 128 Å². The zero-order chi connectivity index (χ0) is 16.4. The molecule has 1 unspecified atom stereocenters. The summed E-state index contributed by atoms with van der Waals surface area (Å²) in [6.07, 6.45) is 0.574. The van der Waals surface area contributed by atoms with Crippen molar-refractivity contribution in [1.82, 2.24) is 10.6 Å². The Hall–Kier alpha value is -1.58. The highest BCUT2D eigenvalue weighted by atomic mass is 32.2. The summed E-state index contributed by atoms with van der Waals surface area (Å²) in [5, 5.41) is 4.91. The number of thiol groups is 1. The van der Waals surface area contributed by atoms with Crippen molar-refractivity contribution in [3.63, 3.8) is 0 Å². The molecule has 0 radical (unpaired) electrons. The fourth-order valence-electron chi connectivity index (χ4n) is 1.68. The Kier molecular flexibility index (Phi) is 8.56. The van der Waals surface area contributed by atoms with Crippen molar-refractivity contribution in [2.45, 2.75) is 19.1 Å². The summed E-state index contributed by atoms with van der Waals surface area (Å²) in [7, 11) is -2.77. The molecule has 124 valence electrons. The van der Waals surface area contributed by atoms with Crippen LogP contribution >= 0.6 is 0 Å². The van der Waals surface area contributed by atoms with Crippen molar-refractivity contribution < 1.29 is 26.7 Å². The molecule has 0 aliphatic carbocycles. The van der Waals surface area contributed by atoms with Crippen molar-refractivity contribution in [2.75, 3.05) is 19.0 Å². The number of hydrogen-bond donors (Lipinski definition) is 3. The zero-order valence-corrected chi connectivity index (χ0v) is 12.6. The number of benzene rings is 1. The number of rotatable bonds is 10. The van der Waals surface area contributed by atoms with Gasteiger partial charge in [-0.05, 0) is 12.0 Å². The molecule has 6 nitrogen and oxygen atoms in total. The highest BCUT2D eigenvalue weighted by molar-refractivity contribution is 7.72. The maximum Gasteiger partial charge on any atom is 0.345 e. The maximum absolute atomic E-state index is 12.0. The number of nitrogens with one attached hydrogen (secondary N) is 2. The van der Waals surface area contributed by atoms with Crippen LogP contribution in [0.2, 0.25) is 0 Å². The molecule has 2 N–H and O–H groups in total. The minimum atomic E-state index is -3.03. The van der Waals surface area contributed by atoms with Crippen LogP contribution in [0.5, 0.6) is 0 Å². The first-order valence-electron chi connectivity index (χ1n) is 6.55. The van der Waals surface area contributed by atoms with E-state index in [4.69, 9.17) is 0 Å². The van der Waals surface area contributed by atoms with Crippen LogP contribution in [0, 0.1) is 0 Å². The number of halogens is 2. The summed E-state index contributed by atoms with van der Waals surface area (Å²) in [5.74, 6) is -1.08. The first-order chi connectivity index (χ1) is 10.5. The molecule has 1 aromatic carbocycles. The molecule has 1 rings (SSSR count). The van der Waals surface area contributed by atoms with Gasteiger partial charge in [-0.3, -0.25) is 10.1 Å². The second kappa shape index (κ2) is 10.2. The van der Waals surface area contributed by atoms with Crippen LogP contribution in [0.3, 0.4) is 0 Å². The Morgan fingerprint density at radius 2 is 1.91 bits per heavy atom. The van der Waals surface area contributed by atoms with Gasteiger partial charge >= 0.3 is 6.61 Å². The fourth-order valence-corrected chi connectivity index (χ4v) is 2.05. The van der Waals surface area contributed by atoms with E-state index in [0.29, 0.717) is 13.0 Å². The van der Waals surface area contributed by atoms with E-state index in [-0.39, 0.29) is 0 Å². The van der Waals surface area contributed by atoms with E-state index in [1.54, 1.807) is 0 Å². The summed E-state index contributed by atoms with van der Waals surface area (Å²) in [6.45, 7) is -3.33. The molecule has 0 saturated carbocycles. The third-order valence-electron chi connectivity index (χ3n) is 2.73. The highest BCUT2D eigenvalue weighted by Crippen LogP contribution is 1.99. The second-order valence-corrected chi connectivity index (χ2v) is 5.35. The molecule has 1 atom stereocenters. The number of alkyl halides is 2. The molecule has 1 amide bonds. The zero-order valence-electron chi connectivity index (χ0n) is 11.7. The van der Waals surface area contributed by atoms with E-state index < -0.39 is 41.7 Å². The van der Waals surface area contributed by atoms with Gasteiger partial charge in [-0.1, -0.05) is 30.3 Å². The molecule has 0 aliphatic rings. The Bertz CT molecular complexity index is 518. The normalized spacial score (nSPS) is 12.5. The van der Waals surface area contributed by atoms with Crippen molar-refractivity contribution in [3.05, 3.63) is 35.9 Å². The van der Waals surface area contributed by atoms with Crippen LogP contribution in [0.15, 0.2) is 30.3 Å². The van der Waals surface area contributed by atoms with Crippen molar-refractivity contribution in [3.8, 4) is 0 Å². The van der Waals surface area contributed by atoms with Gasteiger partial charge in [-0.15, -0.1) is 0 Å². The molecule has 22 heavy (non-hydrogen) atoms. The smallest absolute Gasteiger partial charge is 0.345 e. The lowest BCUT2D eigenvalue weighted by Gasteiger charge is -2.17. The third-order valence-corrected chi connectivity index (χ3v) is 3.17. The van der Waals surface area contributed by atoms with Crippen molar-refractivity contribution in [1.29, 1.82) is 0 Å². The van der Waals surface area contributed by atoms with E-state index >= 15 is 0 Å². The molecule has 0 fully saturated rings. The lowest BCUT2D eigenvalue weighted by molar-refractivity contribution is -0.143. The molecular formula is C13H18F2N2O4S. The van der Waals surface area contributed by atoms with E-state index in [2.05, 4.69) is 15.4 Å². The third kappa shape index (κ3) is 8.01.